The SMILES string of the molecule is OC1OC[C@@H](O)[C@H](O)[C@H]1O.OC[C@H]1O[C@H](O)[C@@H](O)[C@@H](O)[C@@H]1O. The molecule has 0 radical (unpaired) electrons. The van der Waals surface area contributed by atoms with Crippen molar-refractivity contribution in [3.8, 4) is 0 Å². The summed E-state index contributed by atoms with van der Waals surface area (Å²) in [5, 5.41) is 79.9. The van der Waals surface area contributed by atoms with Gasteiger partial charge >= 0.3 is 0 Å². The van der Waals surface area contributed by atoms with Crippen molar-refractivity contribution in [3.63, 3.8) is 0 Å². The first-order valence-corrected chi connectivity index (χ1v) is 6.53. The van der Waals surface area contributed by atoms with E-state index in [0.717, 1.165) is 0 Å². The molecule has 11 nitrogen and oxygen atoms in total. The van der Waals surface area contributed by atoms with Gasteiger partial charge in [-0.25, -0.2) is 0 Å². The van der Waals surface area contributed by atoms with Gasteiger partial charge in [0.05, 0.1) is 13.2 Å². The third-order valence-electron chi connectivity index (χ3n) is 3.34. The largest absolute Gasteiger partial charge is 0.394 e. The number of hydrogen-bond donors (Lipinski definition) is 9. The van der Waals surface area contributed by atoms with Crippen LogP contribution in [0.15, 0.2) is 0 Å². The van der Waals surface area contributed by atoms with E-state index in [1.165, 1.54) is 0 Å². The first-order chi connectivity index (χ1) is 10.2. The average Bonchev–Trinajstić information content (AvgIpc) is 2.51. The van der Waals surface area contributed by atoms with Crippen molar-refractivity contribution in [2.45, 2.75) is 55.3 Å². The highest BCUT2D eigenvalue weighted by Crippen LogP contribution is 2.19. The van der Waals surface area contributed by atoms with Gasteiger partial charge in [0.25, 0.3) is 0 Å². The molecule has 2 saturated heterocycles. The van der Waals surface area contributed by atoms with Gasteiger partial charge in [-0.15, -0.1) is 0 Å². The molecule has 2 heterocycles. The summed E-state index contributed by atoms with van der Waals surface area (Å²) in [4.78, 5) is 0. The lowest BCUT2D eigenvalue weighted by atomic mass is 10.00. The van der Waals surface area contributed by atoms with Crippen molar-refractivity contribution >= 4 is 0 Å². The lowest BCUT2D eigenvalue weighted by Gasteiger charge is -2.37. The van der Waals surface area contributed by atoms with Gasteiger partial charge in [0.1, 0.15) is 42.7 Å². The third-order valence-corrected chi connectivity index (χ3v) is 3.34. The van der Waals surface area contributed by atoms with Crippen molar-refractivity contribution in [1.82, 2.24) is 0 Å². The van der Waals surface area contributed by atoms with E-state index in [-0.39, 0.29) is 6.61 Å². The van der Waals surface area contributed by atoms with E-state index in [0.29, 0.717) is 0 Å². The molecule has 11 heteroatoms. The lowest BCUT2D eigenvalue weighted by molar-refractivity contribution is -0.286. The number of ether oxygens (including phenoxy) is 2. The van der Waals surface area contributed by atoms with E-state index in [1.54, 1.807) is 0 Å². The molecule has 2 aliphatic rings. The zero-order valence-corrected chi connectivity index (χ0v) is 11.5. The summed E-state index contributed by atoms with van der Waals surface area (Å²) in [7, 11) is 0. The van der Waals surface area contributed by atoms with Crippen LogP contribution in [-0.4, -0.2) is 114 Å². The van der Waals surface area contributed by atoms with Crippen LogP contribution < -0.4 is 0 Å². The molecule has 1 unspecified atom stereocenters. The maximum Gasteiger partial charge on any atom is 0.184 e. The molecular weight excluding hydrogens is 308 g/mol. The Hall–Kier alpha value is -0.440. The van der Waals surface area contributed by atoms with Gasteiger partial charge in [-0.2, -0.15) is 0 Å². The van der Waals surface area contributed by atoms with Crippen molar-refractivity contribution < 1.29 is 55.4 Å². The van der Waals surface area contributed by atoms with E-state index in [4.69, 9.17) is 46.0 Å². The standard InChI is InChI=1S/C6H12O6.C5H10O5/c7-1-2-3(8)4(9)5(10)6(11)12-2;6-2-1-10-5(9)4(8)3(2)7/h2-11H,1H2;2-9H,1H2/t2-,3-,4+,5+,6+;2-,3+,4-,5?/m11/s1. The predicted molar refractivity (Wildman–Crippen MR) is 66.0 cm³/mol. The molecule has 2 fully saturated rings. The smallest absolute Gasteiger partial charge is 0.184 e. The molecule has 0 aromatic rings. The van der Waals surface area contributed by atoms with Gasteiger partial charge < -0.3 is 55.4 Å². The van der Waals surface area contributed by atoms with Gasteiger partial charge in [0, 0.05) is 0 Å². The van der Waals surface area contributed by atoms with Crippen LogP contribution in [0.2, 0.25) is 0 Å². The van der Waals surface area contributed by atoms with Gasteiger partial charge in [-0.1, -0.05) is 0 Å². The molecule has 0 spiro atoms. The molecule has 9 N–H and O–H groups in total. The van der Waals surface area contributed by atoms with E-state index in [1.807, 2.05) is 0 Å². The van der Waals surface area contributed by atoms with Crippen molar-refractivity contribution in [2.24, 2.45) is 0 Å². The van der Waals surface area contributed by atoms with Crippen LogP contribution in [0.5, 0.6) is 0 Å². The summed E-state index contributed by atoms with van der Waals surface area (Å²) < 4.78 is 9.04. The number of rotatable bonds is 1. The molecule has 0 aromatic heterocycles. The van der Waals surface area contributed by atoms with Crippen LogP contribution in [0.1, 0.15) is 0 Å². The van der Waals surface area contributed by atoms with Crippen LogP contribution in [-0.2, 0) is 9.47 Å². The number of aliphatic hydroxyl groups excluding tert-OH is 9. The minimum absolute atomic E-state index is 0.153. The molecule has 0 bridgehead atoms. The van der Waals surface area contributed by atoms with Crippen LogP contribution in [0.25, 0.3) is 0 Å². The minimum atomic E-state index is -1.57. The second kappa shape index (κ2) is 8.42. The molecule has 0 aromatic carbocycles. The second-order valence-electron chi connectivity index (χ2n) is 4.99. The summed E-state index contributed by atoms with van der Waals surface area (Å²) in [5.74, 6) is 0. The first-order valence-electron chi connectivity index (χ1n) is 6.53. The Morgan fingerprint density at radius 2 is 1.23 bits per heavy atom. The maximum absolute atomic E-state index is 9.12. The summed E-state index contributed by atoms with van der Waals surface area (Å²) in [5.41, 5.74) is 0. The van der Waals surface area contributed by atoms with Crippen molar-refractivity contribution in [1.29, 1.82) is 0 Å². The number of hydrogen-bond acceptors (Lipinski definition) is 11. The summed E-state index contributed by atoms with van der Waals surface area (Å²) >= 11 is 0. The lowest BCUT2D eigenvalue weighted by Crippen LogP contribution is -2.58. The Morgan fingerprint density at radius 1 is 0.682 bits per heavy atom. The van der Waals surface area contributed by atoms with Gasteiger partial charge in [0.15, 0.2) is 12.6 Å². The van der Waals surface area contributed by atoms with E-state index in [9.17, 15) is 0 Å². The van der Waals surface area contributed by atoms with Gasteiger partial charge in [-0.3, -0.25) is 0 Å². The zero-order valence-electron chi connectivity index (χ0n) is 11.5. The van der Waals surface area contributed by atoms with Crippen LogP contribution in [0.4, 0.5) is 0 Å². The minimum Gasteiger partial charge on any atom is -0.394 e. The summed E-state index contributed by atoms with van der Waals surface area (Å²) in [6, 6.07) is 0. The maximum atomic E-state index is 9.12. The molecule has 0 aliphatic carbocycles. The molecular formula is C11H22O11. The van der Waals surface area contributed by atoms with E-state index < -0.39 is 61.9 Å². The molecule has 2 aliphatic heterocycles. The van der Waals surface area contributed by atoms with Crippen LogP contribution in [0, 0.1) is 0 Å². The van der Waals surface area contributed by atoms with Crippen LogP contribution in [0.3, 0.4) is 0 Å². The highest BCUT2D eigenvalue weighted by Gasteiger charge is 2.42. The Kier molecular flexibility index (Phi) is 7.51. The Morgan fingerprint density at radius 3 is 1.73 bits per heavy atom. The second-order valence-corrected chi connectivity index (χ2v) is 4.99. The molecule has 0 saturated carbocycles. The Bertz CT molecular complexity index is 310. The highest BCUT2D eigenvalue weighted by atomic mass is 16.6. The number of aliphatic hydroxyl groups is 9. The normalized spacial score (nSPS) is 49.2. The van der Waals surface area contributed by atoms with Crippen molar-refractivity contribution in [2.75, 3.05) is 13.2 Å². The fourth-order valence-electron chi connectivity index (χ4n) is 1.87. The summed E-state index contributed by atoms with van der Waals surface area (Å²) in [6.07, 6.45) is -12.3. The molecule has 2 rings (SSSR count). The van der Waals surface area contributed by atoms with Crippen LogP contribution >= 0.6 is 0 Å². The molecule has 22 heavy (non-hydrogen) atoms. The van der Waals surface area contributed by atoms with Crippen molar-refractivity contribution in [3.05, 3.63) is 0 Å². The molecule has 132 valence electrons. The van der Waals surface area contributed by atoms with Gasteiger partial charge in [0.2, 0.25) is 0 Å². The topological polar surface area (TPSA) is 201 Å². The quantitative estimate of drug-likeness (QED) is 0.222. The molecule has 9 atom stereocenters. The zero-order chi connectivity index (χ0) is 17.0. The predicted octanol–water partition coefficient (Wildman–Crippen LogP) is -5.80. The molecule has 0 amide bonds. The Labute approximate surface area is 125 Å². The summed E-state index contributed by atoms with van der Waals surface area (Å²) in [6.45, 7) is -0.679. The average molecular weight is 330 g/mol. The monoisotopic (exact) mass is 330 g/mol. The van der Waals surface area contributed by atoms with Gasteiger partial charge in [-0.05, 0) is 0 Å². The van der Waals surface area contributed by atoms with E-state index >= 15 is 0 Å². The highest BCUT2D eigenvalue weighted by molar-refractivity contribution is 4.88. The fraction of sp³-hybridized carbons (Fsp3) is 1.00. The van der Waals surface area contributed by atoms with E-state index in [2.05, 4.69) is 9.47 Å². The fourth-order valence-corrected chi connectivity index (χ4v) is 1.87. The Balaban J connectivity index is 0.000000224. The first kappa shape index (κ1) is 19.6. The third kappa shape index (κ3) is 4.53.